The molecule has 2 heterocycles. The monoisotopic (exact) mass is 345 g/mol. The lowest BCUT2D eigenvalue weighted by Crippen LogP contribution is -2.21. The summed E-state index contributed by atoms with van der Waals surface area (Å²) in [5.74, 6) is 0.379. The first-order valence-electron chi connectivity index (χ1n) is 8.82. The van der Waals surface area contributed by atoms with Crippen molar-refractivity contribution < 1.29 is 4.79 Å². The van der Waals surface area contributed by atoms with E-state index in [2.05, 4.69) is 10.4 Å². The number of anilines is 1. The Morgan fingerprint density at radius 3 is 2.79 bits per heavy atom. The minimum Gasteiger partial charge on any atom is -0.382 e. The number of fused-ring (bicyclic) bond motifs is 1. The minimum absolute atomic E-state index is 0.0967. The zero-order chi connectivity index (χ0) is 17.3. The number of halogens is 1. The third-order valence-electron chi connectivity index (χ3n) is 4.52. The number of rotatable bonds is 2. The summed E-state index contributed by atoms with van der Waals surface area (Å²) >= 11 is 6.36. The number of aromatic nitrogens is 2. The average molecular weight is 346 g/mol. The van der Waals surface area contributed by atoms with Crippen molar-refractivity contribution in [3.8, 4) is 0 Å². The maximum absolute atomic E-state index is 13.1. The summed E-state index contributed by atoms with van der Waals surface area (Å²) in [6.45, 7) is 6.88. The SMILES string of the molecule is CC.Cc1nn(C(=O)c2c(Cl)cccc2C2CC2)c2c1NCCC2. The molecule has 0 bridgehead atoms. The van der Waals surface area contributed by atoms with Gasteiger partial charge in [-0.3, -0.25) is 4.79 Å². The normalized spacial score (nSPS) is 15.8. The Balaban J connectivity index is 0.000000815. The van der Waals surface area contributed by atoms with Crippen molar-refractivity contribution in [2.24, 2.45) is 0 Å². The summed E-state index contributed by atoms with van der Waals surface area (Å²) in [5, 5.41) is 8.36. The molecule has 1 N–H and O–H groups in total. The van der Waals surface area contributed by atoms with E-state index in [9.17, 15) is 4.79 Å². The van der Waals surface area contributed by atoms with Crippen LogP contribution in [0.25, 0.3) is 0 Å². The highest BCUT2D eigenvalue weighted by molar-refractivity contribution is 6.34. The van der Waals surface area contributed by atoms with Crippen molar-refractivity contribution in [1.82, 2.24) is 9.78 Å². The van der Waals surface area contributed by atoms with Crippen LogP contribution in [0.4, 0.5) is 5.69 Å². The van der Waals surface area contributed by atoms with Crippen molar-refractivity contribution in [2.75, 3.05) is 11.9 Å². The van der Waals surface area contributed by atoms with E-state index in [0.29, 0.717) is 16.5 Å². The first-order valence-corrected chi connectivity index (χ1v) is 9.20. The van der Waals surface area contributed by atoms with Crippen LogP contribution >= 0.6 is 11.6 Å². The second-order valence-electron chi connectivity index (χ2n) is 6.13. The molecule has 4 nitrogen and oxygen atoms in total. The molecule has 0 spiro atoms. The van der Waals surface area contributed by atoms with E-state index in [1.807, 2.05) is 32.9 Å². The number of hydrogen-bond acceptors (Lipinski definition) is 3. The quantitative estimate of drug-likeness (QED) is 0.850. The molecule has 1 fully saturated rings. The van der Waals surface area contributed by atoms with Crippen LogP contribution in [0.15, 0.2) is 18.2 Å². The summed E-state index contributed by atoms with van der Waals surface area (Å²) in [4.78, 5) is 13.1. The molecule has 2 aromatic rings. The summed E-state index contributed by atoms with van der Waals surface area (Å²) in [6.07, 6.45) is 4.17. The van der Waals surface area contributed by atoms with Gasteiger partial charge < -0.3 is 5.32 Å². The number of nitrogens with one attached hydrogen (secondary N) is 1. The van der Waals surface area contributed by atoms with E-state index in [1.54, 1.807) is 10.7 Å². The van der Waals surface area contributed by atoms with Gasteiger partial charge in [0.2, 0.25) is 0 Å². The number of benzene rings is 1. The lowest BCUT2D eigenvalue weighted by atomic mass is 10.0. The van der Waals surface area contributed by atoms with Gasteiger partial charge in [0.05, 0.1) is 27.7 Å². The highest BCUT2D eigenvalue weighted by Gasteiger charge is 2.31. The van der Waals surface area contributed by atoms with Crippen molar-refractivity contribution in [3.05, 3.63) is 45.7 Å². The molecule has 1 aliphatic heterocycles. The van der Waals surface area contributed by atoms with Crippen molar-refractivity contribution in [3.63, 3.8) is 0 Å². The van der Waals surface area contributed by atoms with E-state index < -0.39 is 0 Å². The van der Waals surface area contributed by atoms with E-state index >= 15 is 0 Å². The molecule has 5 heteroatoms. The van der Waals surface area contributed by atoms with Gasteiger partial charge in [-0.2, -0.15) is 9.78 Å². The number of hydrogen-bond donors (Lipinski definition) is 1. The van der Waals surface area contributed by atoms with Gasteiger partial charge in [0.1, 0.15) is 0 Å². The zero-order valence-corrected chi connectivity index (χ0v) is 15.3. The van der Waals surface area contributed by atoms with Crippen molar-refractivity contribution >= 4 is 23.2 Å². The fraction of sp³-hybridized carbons (Fsp3) is 0.474. The van der Waals surface area contributed by atoms with Gasteiger partial charge in [-0.25, -0.2) is 0 Å². The molecule has 128 valence electrons. The van der Waals surface area contributed by atoms with Crippen LogP contribution in [0.1, 0.15) is 66.3 Å². The maximum Gasteiger partial charge on any atom is 0.280 e. The Hall–Kier alpha value is -1.81. The second-order valence-corrected chi connectivity index (χ2v) is 6.54. The highest BCUT2D eigenvalue weighted by Crippen LogP contribution is 2.43. The van der Waals surface area contributed by atoms with Gasteiger partial charge in [0.15, 0.2) is 0 Å². The molecule has 0 atom stereocenters. The van der Waals surface area contributed by atoms with Crippen LogP contribution < -0.4 is 5.32 Å². The first kappa shape index (κ1) is 17.0. The largest absolute Gasteiger partial charge is 0.382 e. The second kappa shape index (κ2) is 6.98. The molecule has 0 unspecified atom stereocenters. The number of nitrogens with zero attached hydrogens (tertiary/aromatic N) is 2. The highest BCUT2D eigenvalue weighted by atomic mass is 35.5. The van der Waals surface area contributed by atoms with Crippen molar-refractivity contribution in [2.45, 2.75) is 52.4 Å². The van der Waals surface area contributed by atoms with Crippen molar-refractivity contribution in [1.29, 1.82) is 0 Å². The molecular weight excluding hydrogens is 322 g/mol. The van der Waals surface area contributed by atoms with Crippen LogP contribution in [0, 0.1) is 6.92 Å². The molecule has 0 saturated heterocycles. The third-order valence-corrected chi connectivity index (χ3v) is 4.83. The Kier molecular flexibility index (Phi) is 4.95. The molecular formula is C19H24ClN3O. The zero-order valence-electron chi connectivity index (χ0n) is 14.5. The predicted octanol–water partition coefficient (Wildman–Crippen LogP) is 4.80. The van der Waals surface area contributed by atoms with Crippen LogP contribution in [0.2, 0.25) is 5.02 Å². The molecule has 1 aromatic carbocycles. The Morgan fingerprint density at radius 2 is 2.08 bits per heavy atom. The Morgan fingerprint density at radius 1 is 1.33 bits per heavy atom. The molecule has 2 aliphatic rings. The smallest absolute Gasteiger partial charge is 0.280 e. The topological polar surface area (TPSA) is 46.9 Å². The van der Waals surface area contributed by atoms with Gasteiger partial charge >= 0.3 is 0 Å². The fourth-order valence-corrected chi connectivity index (χ4v) is 3.54. The summed E-state index contributed by atoms with van der Waals surface area (Å²) < 4.78 is 1.56. The minimum atomic E-state index is -0.0967. The Bertz CT molecular complexity index is 762. The van der Waals surface area contributed by atoms with Gasteiger partial charge in [0.25, 0.3) is 5.91 Å². The molecule has 1 aliphatic carbocycles. The predicted molar refractivity (Wildman–Crippen MR) is 98.3 cm³/mol. The lowest BCUT2D eigenvalue weighted by Gasteiger charge is -2.16. The van der Waals surface area contributed by atoms with E-state index in [1.165, 1.54) is 0 Å². The molecule has 24 heavy (non-hydrogen) atoms. The number of carbonyl (C=O) groups excluding carboxylic acids is 1. The summed E-state index contributed by atoms with van der Waals surface area (Å²) in [5.41, 5.74) is 4.57. The summed E-state index contributed by atoms with van der Waals surface area (Å²) in [6, 6.07) is 5.75. The number of carbonyl (C=O) groups is 1. The van der Waals surface area contributed by atoms with Gasteiger partial charge in [0, 0.05) is 6.54 Å². The molecule has 1 aromatic heterocycles. The molecule has 0 amide bonds. The fourth-order valence-electron chi connectivity index (χ4n) is 3.28. The lowest BCUT2D eigenvalue weighted by molar-refractivity contribution is 0.0940. The van der Waals surface area contributed by atoms with Crippen LogP contribution in [0.5, 0.6) is 0 Å². The van der Waals surface area contributed by atoms with Crippen LogP contribution in [-0.2, 0) is 6.42 Å². The molecule has 1 saturated carbocycles. The van der Waals surface area contributed by atoms with Gasteiger partial charge in [-0.15, -0.1) is 0 Å². The molecule has 4 rings (SSSR count). The third kappa shape index (κ3) is 2.95. The average Bonchev–Trinajstić information content (AvgIpc) is 3.40. The summed E-state index contributed by atoms with van der Waals surface area (Å²) in [7, 11) is 0. The Labute approximate surface area is 148 Å². The van der Waals surface area contributed by atoms with E-state index in [0.717, 1.165) is 54.9 Å². The van der Waals surface area contributed by atoms with Gasteiger partial charge in [-0.1, -0.05) is 37.6 Å². The van der Waals surface area contributed by atoms with E-state index in [-0.39, 0.29) is 5.91 Å². The van der Waals surface area contributed by atoms with E-state index in [4.69, 9.17) is 11.6 Å². The number of aryl methyl sites for hydroxylation is 1. The van der Waals surface area contributed by atoms with Gasteiger partial charge in [-0.05, 0) is 50.2 Å². The molecule has 0 radical (unpaired) electrons. The van der Waals surface area contributed by atoms with Crippen LogP contribution in [-0.4, -0.2) is 22.2 Å². The maximum atomic E-state index is 13.1. The standard InChI is InChI=1S/C17H18ClN3O.C2H6/c1-10-16-14(6-3-9-19-16)21(20-10)17(22)15-12(11-7-8-11)4-2-5-13(15)18;1-2/h2,4-5,11,19H,3,6-9H2,1H3;1-2H3. The van der Waals surface area contributed by atoms with Crippen LogP contribution in [0.3, 0.4) is 0 Å². The first-order chi connectivity index (χ1) is 11.7.